The number of nitrogens with one attached hydrogen (secondary N) is 1. The van der Waals surface area contributed by atoms with Gasteiger partial charge in [0.05, 0.1) is 11.2 Å². The number of halogens is 3. The lowest BCUT2D eigenvalue weighted by atomic mass is 9.95. The molecule has 0 bridgehead atoms. The molecule has 0 fully saturated rings. The zero-order valence-corrected chi connectivity index (χ0v) is 13.1. The number of alkyl halides is 3. The fourth-order valence-electron chi connectivity index (χ4n) is 2.09. The Hall–Kier alpha value is -1.07. The summed E-state index contributed by atoms with van der Waals surface area (Å²) in [5.74, 6) is 0. The standard InChI is InChI=1S/C16H24F3NO/c1-15(2,21-4)10-9-14(20-3)11-12-5-7-13(8-6-12)16(17,18)19/h5-8,14,20H,9-11H2,1-4H3. The van der Waals surface area contributed by atoms with E-state index in [-0.39, 0.29) is 11.6 Å². The molecule has 0 aromatic heterocycles. The molecular weight excluding hydrogens is 279 g/mol. The summed E-state index contributed by atoms with van der Waals surface area (Å²) in [6.45, 7) is 4.05. The Kier molecular flexibility index (Phi) is 6.23. The molecule has 1 atom stereocenters. The van der Waals surface area contributed by atoms with Gasteiger partial charge in [0.15, 0.2) is 0 Å². The first-order valence-electron chi connectivity index (χ1n) is 7.06. The molecule has 2 nitrogen and oxygen atoms in total. The summed E-state index contributed by atoms with van der Waals surface area (Å²) in [5, 5.41) is 3.21. The maximum Gasteiger partial charge on any atom is 0.416 e. The highest BCUT2D eigenvalue weighted by Gasteiger charge is 2.30. The first-order valence-corrected chi connectivity index (χ1v) is 7.06. The predicted molar refractivity (Wildman–Crippen MR) is 78.3 cm³/mol. The van der Waals surface area contributed by atoms with Crippen LogP contribution in [0.25, 0.3) is 0 Å². The molecular formula is C16H24F3NO. The van der Waals surface area contributed by atoms with Gasteiger partial charge in [-0.25, -0.2) is 0 Å². The molecule has 1 rings (SSSR count). The Balaban J connectivity index is 2.61. The summed E-state index contributed by atoms with van der Waals surface area (Å²) >= 11 is 0. The SMILES string of the molecule is CNC(CCC(C)(C)OC)Cc1ccc(C(F)(F)F)cc1. The number of benzene rings is 1. The van der Waals surface area contributed by atoms with Crippen LogP contribution in [0.1, 0.15) is 37.8 Å². The molecule has 0 radical (unpaired) electrons. The van der Waals surface area contributed by atoms with Gasteiger partial charge in [-0.3, -0.25) is 0 Å². The van der Waals surface area contributed by atoms with Crippen LogP contribution in [0.2, 0.25) is 0 Å². The number of methoxy groups -OCH3 is 1. The van der Waals surface area contributed by atoms with E-state index < -0.39 is 11.7 Å². The number of rotatable bonds is 7. The van der Waals surface area contributed by atoms with Crippen molar-refractivity contribution in [3.8, 4) is 0 Å². The number of ether oxygens (including phenoxy) is 1. The van der Waals surface area contributed by atoms with Crippen molar-refractivity contribution < 1.29 is 17.9 Å². The minimum absolute atomic E-state index is 0.185. The molecule has 21 heavy (non-hydrogen) atoms. The lowest BCUT2D eigenvalue weighted by molar-refractivity contribution is -0.137. The van der Waals surface area contributed by atoms with E-state index in [4.69, 9.17) is 4.74 Å². The molecule has 1 aromatic rings. The molecule has 0 saturated heterocycles. The van der Waals surface area contributed by atoms with Crippen LogP contribution in [0.15, 0.2) is 24.3 Å². The van der Waals surface area contributed by atoms with E-state index in [0.717, 1.165) is 30.5 Å². The number of hydrogen-bond donors (Lipinski definition) is 1. The van der Waals surface area contributed by atoms with Crippen LogP contribution in [-0.2, 0) is 17.3 Å². The zero-order valence-electron chi connectivity index (χ0n) is 13.1. The average molecular weight is 303 g/mol. The van der Waals surface area contributed by atoms with Crippen LogP contribution < -0.4 is 5.32 Å². The second-order valence-electron chi connectivity index (χ2n) is 5.89. The average Bonchev–Trinajstić information content (AvgIpc) is 2.43. The highest BCUT2D eigenvalue weighted by Crippen LogP contribution is 2.29. The van der Waals surface area contributed by atoms with E-state index in [9.17, 15) is 13.2 Å². The quantitative estimate of drug-likeness (QED) is 0.821. The van der Waals surface area contributed by atoms with Crippen LogP contribution in [0.5, 0.6) is 0 Å². The molecule has 0 saturated carbocycles. The second-order valence-corrected chi connectivity index (χ2v) is 5.89. The maximum absolute atomic E-state index is 12.5. The fraction of sp³-hybridized carbons (Fsp3) is 0.625. The summed E-state index contributed by atoms with van der Waals surface area (Å²) in [5.41, 5.74) is 0.111. The van der Waals surface area contributed by atoms with Gasteiger partial charge in [-0.15, -0.1) is 0 Å². The van der Waals surface area contributed by atoms with Gasteiger partial charge in [-0.05, 0) is 57.9 Å². The van der Waals surface area contributed by atoms with Crippen molar-refractivity contribution >= 4 is 0 Å². The highest BCUT2D eigenvalue weighted by atomic mass is 19.4. The van der Waals surface area contributed by atoms with Crippen LogP contribution >= 0.6 is 0 Å². The van der Waals surface area contributed by atoms with Gasteiger partial charge in [-0.2, -0.15) is 13.2 Å². The largest absolute Gasteiger partial charge is 0.416 e. The second kappa shape index (κ2) is 7.27. The van der Waals surface area contributed by atoms with Crippen LogP contribution in [0, 0.1) is 0 Å². The van der Waals surface area contributed by atoms with Gasteiger partial charge < -0.3 is 10.1 Å². The smallest absolute Gasteiger partial charge is 0.379 e. The normalized spacial score (nSPS) is 14.2. The summed E-state index contributed by atoms with van der Waals surface area (Å²) < 4.78 is 42.9. The maximum atomic E-state index is 12.5. The van der Waals surface area contributed by atoms with Crippen LogP contribution in [0.4, 0.5) is 13.2 Å². The third-order valence-electron chi connectivity index (χ3n) is 3.82. The van der Waals surface area contributed by atoms with Crippen molar-refractivity contribution in [3.05, 3.63) is 35.4 Å². The highest BCUT2D eigenvalue weighted by molar-refractivity contribution is 5.25. The van der Waals surface area contributed by atoms with Gasteiger partial charge in [0, 0.05) is 13.2 Å². The Bertz CT molecular complexity index is 426. The molecule has 0 heterocycles. The molecule has 0 aliphatic carbocycles. The lowest BCUT2D eigenvalue weighted by Crippen LogP contribution is -2.32. The predicted octanol–water partition coefficient (Wildman–Crippen LogP) is 4.04. The van der Waals surface area contributed by atoms with Gasteiger partial charge >= 0.3 is 6.18 Å². The van der Waals surface area contributed by atoms with E-state index in [1.165, 1.54) is 0 Å². The molecule has 5 heteroatoms. The van der Waals surface area contributed by atoms with Gasteiger partial charge in [0.2, 0.25) is 0 Å². The minimum atomic E-state index is -4.27. The third-order valence-corrected chi connectivity index (χ3v) is 3.82. The van der Waals surface area contributed by atoms with Crippen molar-refractivity contribution in [3.63, 3.8) is 0 Å². The molecule has 1 unspecified atom stereocenters. The van der Waals surface area contributed by atoms with E-state index in [1.54, 1.807) is 19.2 Å². The minimum Gasteiger partial charge on any atom is -0.379 e. The van der Waals surface area contributed by atoms with E-state index >= 15 is 0 Å². The molecule has 1 aromatic carbocycles. The van der Waals surface area contributed by atoms with E-state index in [0.29, 0.717) is 6.42 Å². The van der Waals surface area contributed by atoms with Crippen molar-refractivity contribution in [2.75, 3.05) is 14.2 Å². The van der Waals surface area contributed by atoms with Crippen molar-refractivity contribution in [2.45, 2.75) is 50.9 Å². The molecule has 120 valence electrons. The van der Waals surface area contributed by atoms with E-state index in [1.807, 2.05) is 20.9 Å². The Morgan fingerprint density at radius 2 is 1.71 bits per heavy atom. The zero-order chi connectivity index (χ0) is 16.1. The monoisotopic (exact) mass is 303 g/mol. The first kappa shape index (κ1) is 18.0. The fourth-order valence-corrected chi connectivity index (χ4v) is 2.09. The number of hydrogen-bond acceptors (Lipinski definition) is 2. The van der Waals surface area contributed by atoms with E-state index in [2.05, 4.69) is 5.32 Å². The van der Waals surface area contributed by atoms with Crippen molar-refractivity contribution in [2.24, 2.45) is 0 Å². The van der Waals surface area contributed by atoms with Gasteiger partial charge in [0.1, 0.15) is 0 Å². The summed E-state index contributed by atoms with van der Waals surface area (Å²) in [4.78, 5) is 0. The summed E-state index contributed by atoms with van der Waals surface area (Å²) in [7, 11) is 3.55. The van der Waals surface area contributed by atoms with Gasteiger partial charge in [-0.1, -0.05) is 12.1 Å². The molecule has 0 amide bonds. The third kappa shape index (κ3) is 6.06. The number of likely N-dealkylation sites (N-methyl/N-ethyl adjacent to an activating group) is 1. The summed E-state index contributed by atoms with van der Waals surface area (Å²) in [6.07, 6.45) is -1.79. The lowest BCUT2D eigenvalue weighted by Gasteiger charge is -2.26. The van der Waals surface area contributed by atoms with Crippen LogP contribution in [0.3, 0.4) is 0 Å². The Labute approximate surface area is 124 Å². The molecule has 0 aliphatic heterocycles. The Morgan fingerprint density at radius 1 is 1.14 bits per heavy atom. The van der Waals surface area contributed by atoms with Crippen molar-refractivity contribution in [1.29, 1.82) is 0 Å². The molecule has 1 N–H and O–H groups in total. The van der Waals surface area contributed by atoms with Crippen LogP contribution in [-0.4, -0.2) is 25.8 Å². The topological polar surface area (TPSA) is 21.3 Å². The Morgan fingerprint density at radius 3 is 2.14 bits per heavy atom. The molecule has 0 spiro atoms. The summed E-state index contributed by atoms with van der Waals surface area (Å²) in [6, 6.07) is 5.60. The first-order chi connectivity index (χ1) is 9.68. The molecule has 0 aliphatic rings. The van der Waals surface area contributed by atoms with Crippen molar-refractivity contribution in [1.82, 2.24) is 5.32 Å². The van der Waals surface area contributed by atoms with Gasteiger partial charge in [0.25, 0.3) is 0 Å².